The Balaban J connectivity index is 1.97. The second-order valence-corrected chi connectivity index (χ2v) is 5.81. The molecule has 0 aliphatic carbocycles. The predicted octanol–water partition coefficient (Wildman–Crippen LogP) is 2.59. The third-order valence-corrected chi connectivity index (χ3v) is 3.75. The number of hydrogen-bond donors (Lipinski definition) is 1. The Bertz CT molecular complexity index is 450. The number of aryl methyl sites for hydroxylation is 1. The summed E-state index contributed by atoms with van der Waals surface area (Å²) in [6.45, 7) is 6.20. The molecule has 0 aromatic carbocycles. The Morgan fingerprint density at radius 1 is 1.47 bits per heavy atom. The number of amides is 1. The van der Waals surface area contributed by atoms with Crippen LogP contribution in [0.15, 0.2) is 12.1 Å². The van der Waals surface area contributed by atoms with Crippen LogP contribution < -0.4 is 5.32 Å². The molecule has 1 saturated heterocycles. The molecule has 4 nitrogen and oxygen atoms in total. The van der Waals surface area contributed by atoms with Gasteiger partial charge in [-0.3, -0.25) is 4.79 Å². The first-order valence-corrected chi connectivity index (χ1v) is 6.86. The number of ether oxygens (including phenoxy) is 1. The van der Waals surface area contributed by atoms with Crippen LogP contribution in [0.5, 0.6) is 0 Å². The van der Waals surface area contributed by atoms with Crippen LogP contribution in [0.3, 0.4) is 0 Å². The van der Waals surface area contributed by atoms with Crippen LogP contribution >= 0.6 is 11.6 Å². The van der Waals surface area contributed by atoms with Gasteiger partial charge in [0.25, 0.3) is 5.91 Å². The van der Waals surface area contributed by atoms with Gasteiger partial charge in [-0.15, -0.1) is 0 Å². The van der Waals surface area contributed by atoms with Crippen molar-refractivity contribution in [2.24, 2.45) is 5.41 Å². The smallest absolute Gasteiger partial charge is 0.251 e. The minimum atomic E-state index is -0.0971. The van der Waals surface area contributed by atoms with Gasteiger partial charge in [-0.25, -0.2) is 4.98 Å². The van der Waals surface area contributed by atoms with E-state index < -0.39 is 0 Å². The summed E-state index contributed by atoms with van der Waals surface area (Å²) in [5.74, 6) is -0.0971. The molecule has 1 aliphatic rings. The molecule has 0 saturated carbocycles. The fourth-order valence-corrected chi connectivity index (χ4v) is 2.45. The van der Waals surface area contributed by atoms with Crippen molar-refractivity contribution in [3.8, 4) is 0 Å². The molecule has 104 valence electrons. The summed E-state index contributed by atoms with van der Waals surface area (Å²) in [5, 5.41) is 3.33. The van der Waals surface area contributed by atoms with Gasteiger partial charge in [0.1, 0.15) is 5.15 Å². The molecule has 0 atom stereocenters. The summed E-state index contributed by atoms with van der Waals surface area (Å²) >= 11 is 5.86. The van der Waals surface area contributed by atoms with E-state index in [1.165, 1.54) is 0 Å². The van der Waals surface area contributed by atoms with E-state index >= 15 is 0 Å². The van der Waals surface area contributed by atoms with Crippen molar-refractivity contribution in [1.82, 2.24) is 10.3 Å². The summed E-state index contributed by atoms with van der Waals surface area (Å²) in [7, 11) is 0. The van der Waals surface area contributed by atoms with Gasteiger partial charge in [-0.1, -0.05) is 18.5 Å². The van der Waals surface area contributed by atoms with Crippen molar-refractivity contribution >= 4 is 17.5 Å². The minimum Gasteiger partial charge on any atom is -0.381 e. The average molecular weight is 283 g/mol. The zero-order valence-electron chi connectivity index (χ0n) is 11.3. The van der Waals surface area contributed by atoms with E-state index in [4.69, 9.17) is 16.3 Å². The Hall–Kier alpha value is -1.13. The number of carbonyl (C=O) groups excluding carboxylic acids is 1. The van der Waals surface area contributed by atoms with Crippen LogP contribution in [0.1, 0.15) is 35.8 Å². The highest BCUT2D eigenvalue weighted by Gasteiger charge is 2.27. The standard InChI is InChI=1S/C14H19ClN2O2/c1-10-7-11(8-12(15)17-10)13(18)16-9-14(2)3-5-19-6-4-14/h7-8H,3-6,9H2,1-2H3,(H,16,18). The van der Waals surface area contributed by atoms with Crippen LogP contribution in [0.25, 0.3) is 0 Å². The molecule has 0 unspecified atom stereocenters. The van der Waals surface area contributed by atoms with E-state index in [-0.39, 0.29) is 11.3 Å². The van der Waals surface area contributed by atoms with Crippen molar-refractivity contribution < 1.29 is 9.53 Å². The number of hydrogen-bond acceptors (Lipinski definition) is 3. The van der Waals surface area contributed by atoms with Gasteiger partial charge in [-0.2, -0.15) is 0 Å². The van der Waals surface area contributed by atoms with E-state index in [0.717, 1.165) is 31.7 Å². The van der Waals surface area contributed by atoms with Crippen molar-refractivity contribution in [3.05, 3.63) is 28.5 Å². The van der Waals surface area contributed by atoms with Crippen LogP contribution in [-0.2, 0) is 4.74 Å². The molecule has 2 rings (SSSR count). The molecular weight excluding hydrogens is 264 g/mol. The van der Waals surface area contributed by atoms with E-state index in [9.17, 15) is 4.79 Å². The fourth-order valence-electron chi connectivity index (χ4n) is 2.20. The maximum Gasteiger partial charge on any atom is 0.251 e. The number of aromatic nitrogens is 1. The number of pyridine rings is 1. The lowest BCUT2D eigenvalue weighted by atomic mass is 9.82. The van der Waals surface area contributed by atoms with Gasteiger partial charge in [0, 0.05) is 31.0 Å². The number of nitrogens with zero attached hydrogens (tertiary/aromatic N) is 1. The van der Waals surface area contributed by atoms with Gasteiger partial charge in [0.2, 0.25) is 0 Å². The van der Waals surface area contributed by atoms with Crippen molar-refractivity contribution in [2.45, 2.75) is 26.7 Å². The summed E-state index contributed by atoms with van der Waals surface area (Å²) in [5.41, 5.74) is 1.43. The van der Waals surface area contributed by atoms with Gasteiger partial charge < -0.3 is 10.1 Å². The zero-order valence-corrected chi connectivity index (χ0v) is 12.1. The molecule has 1 aromatic heterocycles. The highest BCUT2D eigenvalue weighted by molar-refractivity contribution is 6.29. The molecule has 1 aliphatic heterocycles. The third kappa shape index (κ3) is 3.91. The Morgan fingerprint density at radius 3 is 2.79 bits per heavy atom. The second-order valence-electron chi connectivity index (χ2n) is 5.43. The molecule has 1 fully saturated rings. The van der Waals surface area contributed by atoms with Gasteiger partial charge >= 0.3 is 0 Å². The Labute approximate surface area is 118 Å². The summed E-state index contributed by atoms with van der Waals surface area (Å²) in [6, 6.07) is 3.34. The Kier molecular flexibility index (Phi) is 4.42. The summed E-state index contributed by atoms with van der Waals surface area (Å²) < 4.78 is 5.35. The number of nitrogens with one attached hydrogen (secondary N) is 1. The fraction of sp³-hybridized carbons (Fsp3) is 0.571. The first-order chi connectivity index (χ1) is 8.98. The van der Waals surface area contributed by atoms with Crippen molar-refractivity contribution in [2.75, 3.05) is 19.8 Å². The van der Waals surface area contributed by atoms with Crippen LogP contribution in [0.4, 0.5) is 0 Å². The first-order valence-electron chi connectivity index (χ1n) is 6.49. The number of carbonyl (C=O) groups is 1. The van der Waals surface area contributed by atoms with E-state index in [1.54, 1.807) is 12.1 Å². The van der Waals surface area contributed by atoms with Gasteiger partial charge in [-0.05, 0) is 37.3 Å². The zero-order chi connectivity index (χ0) is 13.9. The lowest BCUT2D eigenvalue weighted by Crippen LogP contribution is -2.39. The monoisotopic (exact) mass is 282 g/mol. The molecule has 19 heavy (non-hydrogen) atoms. The minimum absolute atomic E-state index is 0.0971. The van der Waals surface area contributed by atoms with Gasteiger partial charge in [0.05, 0.1) is 0 Å². The highest BCUT2D eigenvalue weighted by atomic mass is 35.5. The molecule has 1 aromatic rings. The lowest BCUT2D eigenvalue weighted by molar-refractivity contribution is 0.0238. The van der Waals surface area contributed by atoms with Crippen molar-refractivity contribution in [3.63, 3.8) is 0 Å². The maximum atomic E-state index is 12.1. The normalized spacial score (nSPS) is 18.1. The summed E-state index contributed by atoms with van der Waals surface area (Å²) in [4.78, 5) is 16.2. The Morgan fingerprint density at radius 2 is 2.16 bits per heavy atom. The maximum absolute atomic E-state index is 12.1. The van der Waals surface area contributed by atoms with Gasteiger partial charge in [0.15, 0.2) is 0 Å². The molecule has 1 N–H and O–H groups in total. The second kappa shape index (κ2) is 5.88. The van der Waals surface area contributed by atoms with Crippen LogP contribution in [0, 0.1) is 12.3 Å². The lowest BCUT2D eigenvalue weighted by Gasteiger charge is -2.33. The average Bonchev–Trinajstić information content (AvgIpc) is 2.36. The summed E-state index contributed by atoms with van der Waals surface area (Å²) in [6.07, 6.45) is 1.95. The van der Waals surface area contributed by atoms with Crippen LogP contribution in [-0.4, -0.2) is 30.6 Å². The third-order valence-electron chi connectivity index (χ3n) is 3.56. The SMILES string of the molecule is Cc1cc(C(=O)NCC2(C)CCOCC2)cc(Cl)n1. The number of halogens is 1. The van der Waals surface area contributed by atoms with E-state index in [2.05, 4.69) is 17.2 Å². The van der Waals surface area contributed by atoms with Crippen molar-refractivity contribution in [1.29, 1.82) is 0 Å². The molecule has 0 bridgehead atoms. The largest absolute Gasteiger partial charge is 0.381 e. The quantitative estimate of drug-likeness (QED) is 0.867. The molecule has 0 radical (unpaired) electrons. The van der Waals surface area contributed by atoms with E-state index in [0.29, 0.717) is 17.3 Å². The molecular formula is C14H19ClN2O2. The highest BCUT2D eigenvalue weighted by Crippen LogP contribution is 2.28. The topological polar surface area (TPSA) is 51.2 Å². The first kappa shape index (κ1) is 14.3. The molecule has 2 heterocycles. The van der Waals surface area contributed by atoms with E-state index in [1.807, 2.05) is 6.92 Å². The molecule has 0 spiro atoms. The van der Waals surface area contributed by atoms with Crippen LogP contribution in [0.2, 0.25) is 5.15 Å². The molecule has 5 heteroatoms. The number of rotatable bonds is 3. The molecule has 1 amide bonds. The predicted molar refractivity (Wildman–Crippen MR) is 74.5 cm³/mol.